The first-order valence-electron chi connectivity index (χ1n) is 7.51. The Morgan fingerprint density at radius 1 is 1.00 bits per heavy atom. The van der Waals surface area contributed by atoms with Crippen LogP contribution in [0.1, 0.15) is 38.3 Å². The summed E-state index contributed by atoms with van der Waals surface area (Å²) in [4.78, 5) is 0. The monoisotopic (exact) mass is 301 g/mol. The first-order chi connectivity index (χ1) is 9.99. The van der Waals surface area contributed by atoms with Crippen molar-refractivity contribution < 1.29 is 0 Å². The van der Waals surface area contributed by atoms with Gasteiger partial charge in [-0.15, -0.1) is 0 Å². The summed E-state index contributed by atoms with van der Waals surface area (Å²) in [5.74, 6) is 0. The second-order valence-corrected chi connectivity index (χ2v) is 6.73. The summed E-state index contributed by atoms with van der Waals surface area (Å²) in [6.07, 6.45) is 1.08. The number of hydrogen-bond acceptors (Lipinski definition) is 1. The molecule has 1 nitrogen and oxygen atoms in total. The first-order valence-corrected chi connectivity index (χ1v) is 7.89. The number of benzene rings is 2. The van der Waals surface area contributed by atoms with Crippen molar-refractivity contribution >= 4 is 11.6 Å². The van der Waals surface area contributed by atoms with E-state index in [0.29, 0.717) is 6.04 Å². The molecule has 2 aromatic carbocycles. The fourth-order valence-corrected chi connectivity index (χ4v) is 2.97. The number of halogens is 1. The average molecular weight is 302 g/mol. The predicted octanol–water partition coefficient (Wildman–Crippen LogP) is 5.19. The Hall–Kier alpha value is -1.31. The highest BCUT2D eigenvalue weighted by atomic mass is 35.5. The molecule has 0 heterocycles. The Kier molecular flexibility index (Phi) is 5.44. The van der Waals surface area contributed by atoms with Crippen molar-refractivity contribution in [3.63, 3.8) is 0 Å². The van der Waals surface area contributed by atoms with Crippen LogP contribution in [0.15, 0.2) is 54.6 Å². The molecular weight excluding hydrogens is 278 g/mol. The lowest BCUT2D eigenvalue weighted by Gasteiger charge is -2.29. The molecule has 0 aliphatic rings. The van der Waals surface area contributed by atoms with Gasteiger partial charge in [0.1, 0.15) is 0 Å². The minimum Gasteiger partial charge on any atom is -0.310 e. The van der Waals surface area contributed by atoms with E-state index < -0.39 is 0 Å². The van der Waals surface area contributed by atoms with Gasteiger partial charge in [-0.25, -0.2) is 0 Å². The van der Waals surface area contributed by atoms with Gasteiger partial charge >= 0.3 is 0 Å². The van der Waals surface area contributed by atoms with Crippen LogP contribution in [0.25, 0.3) is 0 Å². The summed E-state index contributed by atoms with van der Waals surface area (Å²) < 4.78 is 0. The molecular formula is C19H24ClN. The summed E-state index contributed by atoms with van der Waals surface area (Å²) in [6, 6.07) is 19.1. The van der Waals surface area contributed by atoms with E-state index in [9.17, 15) is 0 Å². The average Bonchev–Trinajstić information content (AvgIpc) is 2.47. The third-order valence-electron chi connectivity index (χ3n) is 3.97. The van der Waals surface area contributed by atoms with Crippen LogP contribution in [0, 0.1) is 0 Å². The van der Waals surface area contributed by atoms with Gasteiger partial charge in [0.2, 0.25) is 0 Å². The predicted molar refractivity (Wildman–Crippen MR) is 91.8 cm³/mol. The molecule has 0 amide bonds. The van der Waals surface area contributed by atoms with E-state index in [1.165, 1.54) is 5.56 Å². The fraction of sp³-hybridized carbons (Fsp3) is 0.368. The van der Waals surface area contributed by atoms with Crippen molar-refractivity contribution in [2.24, 2.45) is 0 Å². The van der Waals surface area contributed by atoms with Crippen molar-refractivity contribution in [2.45, 2.75) is 45.2 Å². The van der Waals surface area contributed by atoms with E-state index in [1.54, 1.807) is 0 Å². The molecule has 21 heavy (non-hydrogen) atoms. The second-order valence-electron chi connectivity index (χ2n) is 6.33. The highest BCUT2D eigenvalue weighted by Gasteiger charge is 2.22. The lowest BCUT2D eigenvalue weighted by Crippen LogP contribution is -2.33. The Morgan fingerprint density at radius 2 is 1.62 bits per heavy atom. The smallest absolute Gasteiger partial charge is 0.0450 e. The van der Waals surface area contributed by atoms with Gasteiger partial charge in [0.15, 0.2) is 0 Å². The third kappa shape index (κ3) is 4.59. The Morgan fingerprint density at radius 3 is 2.29 bits per heavy atom. The minimum atomic E-state index is 0.161. The van der Waals surface area contributed by atoms with Crippen LogP contribution in [-0.4, -0.2) is 6.04 Å². The minimum absolute atomic E-state index is 0.161. The highest BCUT2D eigenvalue weighted by molar-refractivity contribution is 6.31. The molecule has 0 spiro atoms. The molecule has 1 unspecified atom stereocenters. The second kappa shape index (κ2) is 7.11. The molecule has 0 aliphatic heterocycles. The molecule has 2 heteroatoms. The van der Waals surface area contributed by atoms with Gasteiger partial charge in [0, 0.05) is 17.6 Å². The molecule has 0 bridgehead atoms. The number of hydrogen-bond donors (Lipinski definition) is 1. The quantitative estimate of drug-likeness (QED) is 0.774. The number of rotatable bonds is 6. The zero-order chi connectivity index (χ0) is 15.3. The van der Waals surface area contributed by atoms with E-state index in [-0.39, 0.29) is 5.41 Å². The largest absolute Gasteiger partial charge is 0.310 e. The summed E-state index contributed by atoms with van der Waals surface area (Å²) in [5.41, 5.74) is 2.70. The number of nitrogens with one attached hydrogen (secondary N) is 1. The van der Waals surface area contributed by atoms with Crippen LogP contribution >= 0.6 is 11.6 Å². The van der Waals surface area contributed by atoms with Gasteiger partial charge < -0.3 is 5.32 Å². The molecule has 0 saturated carbocycles. The Labute approximate surface area is 133 Å². The molecule has 0 aromatic heterocycles. The molecule has 0 aliphatic carbocycles. The highest BCUT2D eigenvalue weighted by Crippen LogP contribution is 2.28. The van der Waals surface area contributed by atoms with Gasteiger partial charge in [-0.05, 0) is 36.0 Å². The van der Waals surface area contributed by atoms with Crippen molar-refractivity contribution in [1.82, 2.24) is 5.32 Å². The van der Waals surface area contributed by atoms with Crippen molar-refractivity contribution in [2.75, 3.05) is 0 Å². The van der Waals surface area contributed by atoms with E-state index in [1.807, 2.05) is 18.2 Å². The fourth-order valence-electron chi connectivity index (χ4n) is 2.77. The van der Waals surface area contributed by atoms with Crippen LogP contribution in [-0.2, 0) is 12.0 Å². The summed E-state index contributed by atoms with van der Waals surface area (Å²) in [5, 5.41) is 4.41. The van der Waals surface area contributed by atoms with Crippen LogP contribution in [0.2, 0.25) is 5.02 Å². The summed E-state index contributed by atoms with van der Waals surface area (Å²) in [7, 11) is 0. The molecule has 0 saturated heterocycles. The van der Waals surface area contributed by atoms with Crippen molar-refractivity contribution in [3.8, 4) is 0 Å². The third-order valence-corrected chi connectivity index (χ3v) is 4.34. The molecule has 1 N–H and O–H groups in total. The van der Waals surface area contributed by atoms with Crippen LogP contribution in [0.3, 0.4) is 0 Å². The van der Waals surface area contributed by atoms with Gasteiger partial charge in [0.25, 0.3) is 0 Å². The Balaban J connectivity index is 1.93. The van der Waals surface area contributed by atoms with Gasteiger partial charge in [-0.3, -0.25) is 0 Å². The van der Waals surface area contributed by atoms with E-state index in [4.69, 9.17) is 11.6 Å². The lowest BCUT2D eigenvalue weighted by molar-refractivity contribution is 0.388. The van der Waals surface area contributed by atoms with Crippen LogP contribution in [0.5, 0.6) is 0 Å². The standard InChI is InChI=1S/C19H24ClN/c1-15(21-14-16-9-7-8-12-18(16)20)13-19(2,3)17-10-5-4-6-11-17/h4-12,15,21H,13-14H2,1-3H3. The zero-order valence-electron chi connectivity index (χ0n) is 13.1. The van der Waals surface area contributed by atoms with Crippen molar-refractivity contribution in [3.05, 3.63) is 70.7 Å². The topological polar surface area (TPSA) is 12.0 Å². The van der Waals surface area contributed by atoms with E-state index in [0.717, 1.165) is 23.6 Å². The van der Waals surface area contributed by atoms with Gasteiger partial charge in [-0.2, -0.15) is 0 Å². The van der Waals surface area contributed by atoms with E-state index >= 15 is 0 Å². The summed E-state index contributed by atoms with van der Waals surface area (Å²) >= 11 is 6.20. The maximum Gasteiger partial charge on any atom is 0.0450 e. The van der Waals surface area contributed by atoms with E-state index in [2.05, 4.69) is 62.5 Å². The molecule has 2 rings (SSSR count). The molecule has 112 valence electrons. The normalized spacial score (nSPS) is 13.1. The summed E-state index contributed by atoms with van der Waals surface area (Å²) in [6.45, 7) is 7.65. The lowest BCUT2D eigenvalue weighted by atomic mass is 9.79. The molecule has 2 aromatic rings. The SMILES string of the molecule is CC(CC(C)(C)c1ccccc1)NCc1ccccc1Cl. The van der Waals surface area contributed by atoms with Crippen molar-refractivity contribution in [1.29, 1.82) is 0 Å². The van der Waals surface area contributed by atoms with Gasteiger partial charge in [0.05, 0.1) is 0 Å². The maximum absolute atomic E-state index is 6.20. The molecule has 0 radical (unpaired) electrons. The van der Waals surface area contributed by atoms with Gasteiger partial charge in [-0.1, -0.05) is 74.0 Å². The molecule has 0 fully saturated rings. The Bertz CT molecular complexity index is 563. The molecule has 1 atom stereocenters. The van der Waals surface area contributed by atoms with Crippen LogP contribution in [0.4, 0.5) is 0 Å². The first kappa shape index (κ1) is 16.1. The maximum atomic E-state index is 6.20. The zero-order valence-corrected chi connectivity index (χ0v) is 13.8. The van der Waals surface area contributed by atoms with Crippen LogP contribution < -0.4 is 5.32 Å².